The summed E-state index contributed by atoms with van der Waals surface area (Å²) in [6, 6.07) is 0. The Balaban J connectivity index is 2.21. The molecule has 1 rings (SSSR count). The van der Waals surface area contributed by atoms with Gasteiger partial charge in [0.1, 0.15) is 0 Å². The Kier molecular flexibility index (Phi) is 5.48. The third kappa shape index (κ3) is 4.25. The molecular formula is C10H20N2O2S2. The molecule has 0 aromatic carbocycles. The van der Waals surface area contributed by atoms with Gasteiger partial charge >= 0.3 is 0 Å². The molecule has 0 spiro atoms. The van der Waals surface area contributed by atoms with Crippen molar-refractivity contribution in [2.75, 3.05) is 18.8 Å². The Morgan fingerprint density at radius 3 is 2.75 bits per heavy atom. The zero-order valence-electron chi connectivity index (χ0n) is 9.66. The molecule has 94 valence electrons. The predicted octanol–water partition coefficient (Wildman–Crippen LogP) is 0.828. The number of thiocarbonyl (C=S) groups is 1. The van der Waals surface area contributed by atoms with Gasteiger partial charge in [-0.1, -0.05) is 13.3 Å². The van der Waals surface area contributed by atoms with Gasteiger partial charge in [-0.2, -0.15) is 0 Å². The van der Waals surface area contributed by atoms with Crippen LogP contribution in [-0.2, 0) is 9.84 Å². The highest BCUT2D eigenvalue weighted by molar-refractivity contribution is 7.92. The lowest BCUT2D eigenvalue weighted by Crippen LogP contribution is -2.41. The predicted molar refractivity (Wildman–Crippen MR) is 70.3 cm³/mol. The number of hydrogen-bond acceptors (Lipinski definition) is 3. The lowest BCUT2D eigenvalue weighted by molar-refractivity contribution is 0.586. The fourth-order valence-corrected chi connectivity index (χ4v) is 3.69. The first kappa shape index (κ1) is 13.7. The summed E-state index contributed by atoms with van der Waals surface area (Å²) in [5.74, 6) is 0.329. The van der Waals surface area contributed by atoms with Gasteiger partial charge in [-0.05, 0) is 31.5 Å². The van der Waals surface area contributed by atoms with Crippen LogP contribution in [0.25, 0.3) is 0 Å². The van der Waals surface area contributed by atoms with Gasteiger partial charge in [0.05, 0.1) is 11.0 Å². The third-order valence-corrected chi connectivity index (χ3v) is 5.33. The largest absolute Gasteiger partial charge is 0.363 e. The van der Waals surface area contributed by atoms with Crippen molar-refractivity contribution >= 4 is 27.2 Å². The van der Waals surface area contributed by atoms with E-state index in [1.165, 1.54) is 0 Å². The molecule has 0 bridgehead atoms. The quantitative estimate of drug-likeness (QED) is 0.569. The number of nitrogens with one attached hydrogen (secondary N) is 2. The van der Waals surface area contributed by atoms with E-state index >= 15 is 0 Å². The SMILES string of the molecule is CCCCNC(=S)NCC1CCCS1(=O)=O. The second kappa shape index (κ2) is 6.39. The highest BCUT2D eigenvalue weighted by atomic mass is 32.2. The molecule has 1 aliphatic rings. The van der Waals surface area contributed by atoms with Crippen LogP contribution >= 0.6 is 12.2 Å². The molecule has 0 aromatic rings. The smallest absolute Gasteiger partial charge is 0.166 e. The van der Waals surface area contributed by atoms with E-state index in [9.17, 15) is 8.42 Å². The van der Waals surface area contributed by atoms with Crippen LogP contribution in [0.3, 0.4) is 0 Å². The lowest BCUT2D eigenvalue weighted by atomic mass is 10.2. The maximum atomic E-state index is 11.5. The van der Waals surface area contributed by atoms with Crippen molar-refractivity contribution in [1.82, 2.24) is 10.6 Å². The minimum atomic E-state index is -2.86. The molecule has 1 saturated heterocycles. The summed E-state index contributed by atoms with van der Waals surface area (Å²) in [6.07, 6.45) is 3.73. The molecule has 2 N–H and O–H groups in total. The summed E-state index contributed by atoms with van der Waals surface area (Å²) in [4.78, 5) is 0. The molecule has 1 aliphatic heterocycles. The van der Waals surface area contributed by atoms with Gasteiger partial charge in [0.2, 0.25) is 0 Å². The van der Waals surface area contributed by atoms with Crippen LogP contribution < -0.4 is 10.6 Å². The van der Waals surface area contributed by atoms with Gasteiger partial charge in [-0.25, -0.2) is 8.42 Å². The third-order valence-electron chi connectivity index (χ3n) is 2.77. The van der Waals surface area contributed by atoms with Gasteiger partial charge < -0.3 is 10.6 Å². The molecule has 0 radical (unpaired) electrons. The summed E-state index contributed by atoms with van der Waals surface area (Å²) in [5, 5.41) is 6.35. The van der Waals surface area contributed by atoms with E-state index in [4.69, 9.17) is 12.2 Å². The molecule has 16 heavy (non-hydrogen) atoms. The highest BCUT2D eigenvalue weighted by Crippen LogP contribution is 2.18. The van der Waals surface area contributed by atoms with Crippen molar-refractivity contribution in [1.29, 1.82) is 0 Å². The number of sulfone groups is 1. The summed E-state index contributed by atoms with van der Waals surface area (Å²) < 4.78 is 23.1. The molecule has 1 fully saturated rings. The van der Waals surface area contributed by atoms with Crippen molar-refractivity contribution in [2.45, 2.75) is 37.9 Å². The van der Waals surface area contributed by atoms with E-state index in [1.54, 1.807) is 0 Å². The number of rotatable bonds is 5. The molecule has 1 heterocycles. The maximum Gasteiger partial charge on any atom is 0.166 e. The topological polar surface area (TPSA) is 58.2 Å². The standard InChI is InChI=1S/C10H20N2O2S2/c1-2-3-6-11-10(15)12-8-9-5-4-7-16(9,13)14/h9H,2-8H2,1H3,(H2,11,12,15). The summed E-state index contributed by atoms with van der Waals surface area (Å²) in [7, 11) is -2.86. The van der Waals surface area contributed by atoms with Crippen LogP contribution in [0.1, 0.15) is 32.6 Å². The van der Waals surface area contributed by atoms with E-state index in [1.807, 2.05) is 0 Å². The fourth-order valence-electron chi connectivity index (χ4n) is 1.74. The monoisotopic (exact) mass is 264 g/mol. The second-order valence-corrected chi connectivity index (χ2v) is 6.93. The molecule has 0 aromatic heterocycles. The Morgan fingerprint density at radius 1 is 1.44 bits per heavy atom. The van der Waals surface area contributed by atoms with Crippen LogP contribution in [-0.4, -0.2) is 37.6 Å². The summed E-state index contributed by atoms with van der Waals surface area (Å²) >= 11 is 5.06. The van der Waals surface area contributed by atoms with Crippen LogP contribution in [0, 0.1) is 0 Å². The Morgan fingerprint density at radius 2 is 2.19 bits per heavy atom. The summed E-state index contributed by atoms with van der Waals surface area (Å²) in [6.45, 7) is 3.41. The second-order valence-electron chi connectivity index (χ2n) is 4.12. The van der Waals surface area contributed by atoms with Gasteiger partial charge in [-0.3, -0.25) is 0 Å². The Labute approximate surface area is 103 Å². The Bertz CT molecular complexity index is 328. The van der Waals surface area contributed by atoms with Gasteiger partial charge in [0.15, 0.2) is 14.9 Å². The van der Waals surface area contributed by atoms with Gasteiger partial charge in [0.25, 0.3) is 0 Å². The van der Waals surface area contributed by atoms with Gasteiger partial charge in [0, 0.05) is 13.1 Å². The van der Waals surface area contributed by atoms with E-state index in [-0.39, 0.29) is 5.25 Å². The maximum absolute atomic E-state index is 11.5. The molecule has 1 atom stereocenters. The Hall–Kier alpha value is -0.360. The molecule has 0 saturated carbocycles. The molecule has 6 heteroatoms. The zero-order chi connectivity index (χ0) is 12.0. The van der Waals surface area contributed by atoms with Crippen LogP contribution in [0.15, 0.2) is 0 Å². The van der Waals surface area contributed by atoms with Crippen molar-refractivity contribution < 1.29 is 8.42 Å². The first-order chi connectivity index (χ1) is 7.56. The van der Waals surface area contributed by atoms with Crippen molar-refractivity contribution in [2.24, 2.45) is 0 Å². The average Bonchev–Trinajstić information content (AvgIpc) is 2.55. The first-order valence-electron chi connectivity index (χ1n) is 5.79. The van der Waals surface area contributed by atoms with Gasteiger partial charge in [-0.15, -0.1) is 0 Å². The lowest BCUT2D eigenvalue weighted by Gasteiger charge is -2.13. The average molecular weight is 264 g/mol. The van der Waals surface area contributed by atoms with Crippen LogP contribution in [0.4, 0.5) is 0 Å². The number of hydrogen-bond donors (Lipinski definition) is 2. The molecule has 1 unspecified atom stereocenters. The van der Waals surface area contributed by atoms with E-state index in [0.29, 0.717) is 17.4 Å². The molecule has 4 nitrogen and oxygen atoms in total. The fraction of sp³-hybridized carbons (Fsp3) is 0.900. The van der Waals surface area contributed by atoms with E-state index < -0.39 is 9.84 Å². The van der Waals surface area contributed by atoms with Crippen molar-refractivity contribution in [3.05, 3.63) is 0 Å². The van der Waals surface area contributed by atoms with Crippen LogP contribution in [0.2, 0.25) is 0 Å². The molecule has 0 amide bonds. The van der Waals surface area contributed by atoms with Crippen molar-refractivity contribution in [3.8, 4) is 0 Å². The highest BCUT2D eigenvalue weighted by Gasteiger charge is 2.30. The first-order valence-corrected chi connectivity index (χ1v) is 7.92. The number of unbranched alkanes of at least 4 members (excludes halogenated alkanes) is 1. The van der Waals surface area contributed by atoms with Crippen molar-refractivity contribution in [3.63, 3.8) is 0 Å². The molecule has 0 aliphatic carbocycles. The molecular weight excluding hydrogens is 244 g/mol. The normalized spacial score (nSPS) is 22.9. The van der Waals surface area contributed by atoms with E-state index in [0.717, 1.165) is 32.2 Å². The zero-order valence-corrected chi connectivity index (χ0v) is 11.3. The minimum Gasteiger partial charge on any atom is -0.363 e. The summed E-state index contributed by atoms with van der Waals surface area (Å²) in [5.41, 5.74) is 0. The van der Waals surface area contributed by atoms with Crippen LogP contribution in [0.5, 0.6) is 0 Å². The minimum absolute atomic E-state index is 0.251. The van der Waals surface area contributed by atoms with E-state index in [2.05, 4.69) is 17.6 Å².